The molecule has 0 aliphatic heterocycles. The first kappa shape index (κ1) is 22.9. The van der Waals surface area contributed by atoms with E-state index in [1.807, 2.05) is 7.11 Å². The average molecular weight is 409 g/mol. The SMILES string of the molecule is CCCCCCCCCOc1ccc(-c2ccc([C@H]3CCCC[C@@H]3OC)cc2)cc1. The van der Waals surface area contributed by atoms with Crippen molar-refractivity contribution in [3.63, 3.8) is 0 Å². The lowest BCUT2D eigenvalue weighted by Crippen LogP contribution is -2.24. The van der Waals surface area contributed by atoms with E-state index >= 15 is 0 Å². The Hall–Kier alpha value is -1.80. The fraction of sp³-hybridized carbons (Fsp3) is 0.571. The van der Waals surface area contributed by atoms with Crippen LogP contribution in [0.4, 0.5) is 0 Å². The third-order valence-corrected chi connectivity index (χ3v) is 6.55. The highest BCUT2D eigenvalue weighted by molar-refractivity contribution is 5.64. The van der Waals surface area contributed by atoms with E-state index in [-0.39, 0.29) is 0 Å². The van der Waals surface area contributed by atoms with Gasteiger partial charge in [0.1, 0.15) is 5.75 Å². The second kappa shape index (κ2) is 12.8. The molecule has 1 aliphatic carbocycles. The summed E-state index contributed by atoms with van der Waals surface area (Å²) in [5.74, 6) is 1.52. The van der Waals surface area contributed by atoms with Crippen LogP contribution in [0.1, 0.15) is 89.0 Å². The lowest BCUT2D eigenvalue weighted by atomic mass is 9.81. The summed E-state index contributed by atoms with van der Waals surface area (Å²) >= 11 is 0. The van der Waals surface area contributed by atoms with Gasteiger partial charge >= 0.3 is 0 Å². The van der Waals surface area contributed by atoms with Crippen molar-refractivity contribution in [1.29, 1.82) is 0 Å². The number of rotatable bonds is 12. The molecule has 1 saturated carbocycles. The summed E-state index contributed by atoms with van der Waals surface area (Å²) in [5.41, 5.74) is 3.93. The van der Waals surface area contributed by atoms with Gasteiger partial charge < -0.3 is 9.47 Å². The highest BCUT2D eigenvalue weighted by atomic mass is 16.5. The summed E-state index contributed by atoms with van der Waals surface area (Å²) in [4.78, 5) is 0. The Bertz CT molecular complexity index is 704. The molecule has 0 N–H and O–H groups in total. The Balaban J connectivity index is 1.45. The maximum atomic E-state index is 5.93. The van der Waals surface area contributed by atoms with Crippen molar-refractivity contribution in [3.05, 3.63) is 54.1 Å². The average Bonchev–Trinajstić information content (AvgIpc) is 2.81. The smallest absolute Gasteiger partial charge is 0.119 e. The number of hydrogen-bond donors (Lipinski definition) is 0. The first-order valence-electron chi connectivity index (χ1n) is 12.2. The summed E-state index contributed by atoms with van der Waals surface area (Å²) in [7, 11) is 1.86. The topological polar surface area (TPSA) is 18.5 Å². The van der Waals surface area contributed by atoms with E-state index in [0.717, 1.165) is 18.8 Å². The van der Waals surface area contributed by atoms with Crippen molar-refractivity contribution in [2.45, 2.75) is 89.6 Å². The van der Waals surface area contributed by atoms with Crippen molar-refractivity contribution < 1.29 is 9.47 Å². The molecule has 1 aliphatic rings. The third-order valence-electron chi connectivity index (χ3n) is 6.55. The number of benzene rings is 2. The third kappa shape index (κ3) is 6.87. The minimum absolute atomic E-state index is 0.373. The predicted octanol–water partition coefficient (Wildman–Crippen LogP) is 8.16. The molecule has 2 aromatic carbocycles. The maximum Gasteiger partial charge on any atom is 0.119 e. The van der Waals surface area contributed by atoms with Gasteiger partial charge in [0.25, 0.3) is 0 Å². The highest BCUT2D eigenvalue weighted by Crippen LogP contribution is 2.35. The summed E-state index contributed by atoms with van der Waals surface area (Å²) in [6.07, 6.45) is 14.6. The molecule has 0 radical (unpaired) electrons. The zero-order chi connectivity index (χ0) is 21.0. The molecule has 0 spiro atoms. The van der Waals surface area contributed by atoms with Crippen molar-refractivity contribution in [2.75, 3.05) is 13.7 Å². The molecule has 0 saturated heterocycles. The predicted molar refractivity (Wildman–Crippen MR) is 127 cm³/mol. The lowest BCUT2D eigenvalue weighted by molar-refractivity contribution is 0.0523. The summed E-state index contributed by atoms with van der Waals surface area (Å²) in [6.45, 7) is 3.09. The maximum absolute atomic E-state index is 5.93. The molecular formula is C28H40O2. The van der Waals surface area contributed by atoms with E-state index in [9.17, 15) is 0 Å². The molecule has 0 aromatic heterocycles. The van der Waals surface area contributed by atoms with E-state index in [1.165, 1.54) is 80.9 Å². The molecule has 0 unspecified atom stereocenters. The lowest BCUT2D eigenvalue weighted by Gasteiger charge is -2.30. The first-order chi connectivity index (χ1) is 14.8. The van der Waals surface area contributed by atoms with Crippen LogP contribution in [0.3, 0.4) is 0 Å². The van der Waals surface area contributed by atoms with Gasteiger partial charge in [0.15, 0.2) is 0 Å². The van der Waals surface area contributed by atoms with Crippen LogP contribution in [0.2, 0.25) is 0 Å². The molecule has 0 heterocycles. The fourth-order valence-corrected chi connectivity index (χ4v) is 4.68. The Morgan fingerprint density at radius 3 is 2.00 bits per heavy atom. The van der Waals surface area contributed by atoms with Gasteiger partial charge in [0, 0.05) is 13.0 Å². The Kier molecular flexibility index (Phi) is 9.76. The van der Waals surface area contributed by atoms with Crippen LogP contribution in [0.25, 0.3) is 11.1 Å². The van der Waals surface area contributed by atoms with Crippen LogP contribution in [-0.4, -0.2) is 19.8 Å². The minimum Gasteiger partial charge on any atom is -0.494 e. The van der Waals surface area contributed by atoms with Gasteiger partial charge in [-0.15, -0.1) is 0 Å². The van der Waals surface area contributed by atoms with E-state index in [4.69, 9.17) is 9.47 Å². The summed E-state index contributed by atoms with van der Waals surface area (Å²) < 4.78 is 11.7. The van der Waals surface area contributed by atoms with Gasteiger partial charge in [-0.05, 0) is 48.1 Å². The van der Waals surface area contributed by atoms with Crippen molar-refractivity contribution in [3.8, 4) is 16.9 Å². The zero-order valence-electron chi connectivity index (χ0n) is 19.1. The molecular weight excluding hydrogens is 368 g/mol. The quantitative estimate of drug-likeness (QED) is 0.330. The van der Waals surface area contributed by atoms with Gasteiger partial charge in [-0.2, -0.15) is 0 Å². The molecule has 164 valence electrons. The van der Waals surface area contributed by atoms with Crippen LogP contribution < -0.4 is 4.74 Å². The van der Waals surface area contributed by atoms with E-state index in [1.54, 1.807) is 0 Å². The number of methoxy groups -OCH3 is 1. The largest absolute Gasteiger partial charge is 0.494 e. The Morgan fingerprint density at radius 1 is 0.733 bits per heavy atom. The monoisotopic (exact) mass is 408 g/mol. The van der Waals surface area contributed by atoms with Gasteiger partial charge in [0.2, 0.25) is 0 Å². The molecule has 0 amide bonds. The van der Waals surface area contributed by atoms with Crippen molar-refractivity contribution in [2.24, 2.45) is 0 Å². The van der Waals surface area contributed by atoms with Gasteiger partial charge in [-0.1, -0.05) is 94.7 Å². The molecule has 2 atom stereocenters. The van der Waals surface area contributed by atoms with Crippen LogP contribution in [0.15, 0.2) is 48.5 Å². The van der Waals surface area contributed by atoms with E-state index in [0.29, 0.717) is 12.0 Å². The molecule has 2 nitrogen and oxygen atoms in total. The van der Waals surface area contributed by atoms with Crippen molar-refractivity contribution in [1.82, 2.24) is 0 Å². The Labute approximate surface area is 184 Å². The fourth-order valence-electron chi connectivity index (χ4n) is 4.68. The van der Waals surface area contributed by atoms with E-state index in [2.05, 4.69) is 55.5 Å². The Morgan fingerprint density at radius 2 is 1.33 bits per heavy atom. The molecule has 3 rings (SSSR count). The molecule has 1 fully saturated rings. The minimum atomic E-state index is 0.373. The van der Waals surface area contributed by atoms with Gasteiger partial charge in [-0.3, -0.25) is 0 Å². The van der Waals surface area contributed by atoms with Gasteiger partial charge in [-0.25, -0.2) is 0 Å². The normalized spacial score (nSPS) is 19.0. The number of ether oxygens (including phenoxy) is 2. The first-order valence-corrected chi connectivity index (χ1v) is 12.2. The van der Waals surface area contributed by atoms with E-state index < -0.39 is 0 Å². The number of hydrogen-bond acceptors (Lipinski definition) is 2. The van der Waals surface area contributed by atoms with Crippen LogP contribution in [0.5, 0.6) is 5.75 Å². The van der Waals surface area contributed by atoms with Crippen molar-refractivity contribution >= 4 is 0 Å². The molecule has 2 aromatic rings. The summed E-state index contributed by atoms with van der Waals surface area (Å²) in [6, 6.07) is 17.7. The molecule has 30 heavy (non-hydrogen) atoms. The summed E-state index contributed by atoms with van der Waals surface area (Å²) in [5, 5.41) is 0. The van der Waals surface area contributed by atoms with Gasteiger partial charge in [0.05, 0.1) is 12.7 Å². The van der Waals surface area contributed by atoms with Crippen LogP contribution in [0, 0.1) is 0 Å². The molecule has 2 heteroatoms. The standard InChI is InChI=1S/C28H40O2/c1-3-4-5-6-7-8-11-22-30-26-20-18-24(19-21-26)23-14-16-25(17-15-23)27-12-9-10-13-28(27)29-2/h14-21,27-28H,3-13,22H2,1-2H3/t27-,28+/m1/s1. The molecule has 0 bridgehead atoms. The second-order valence-electron chi connectivity index (χ2n) is 8.78. The highest BCUT2D eigenvalue weighted by Gasteiger charge is 2.26. The van der Waals surface area contributed by atoms with Crippen LogP contribution >= 0.6 is 0 Å². The zero-order valence-corrected chi connectivity index (χ0v) is 19.1. The van der Waals surface area contributed by atoms with Crippen LogP contribution in [-0.2, 0) is 4.74 Å². The second-order valence-corrected chi connectivity index (χ2v) is 8.78. The number of unbranched alkanes of at least 4 members (excludes halogenated alkanes) is 6.